The smallest absolute Gasteiger partial charge is 0.104 e. The zero-order valence-corrected chi connectivity index (χ0v) is 12.7. The number of aliphatic hydroxyl groups excluding tert-OH is 1. The van der Waals surface area contributed by atoms with Crippen LogP contribution in [0.5, 0.6) is 0 Å². The first-order chi connectivity index (χ1) is 10.3. The third kappa shape index (κ3) is 3.73. The van der Waals surface area contributed by atoms with Crippen LogP contribution in [0.4, 0.5) is 0 Å². The molecule has 0 aromatic carbocycles. The molecule has 0 radical (unpaired) electrons. The number of likely N-dealkylation sites (tertiary alicyclic amines) is 1. The van der Waals surface area contributed by atoms with E-state index in [1.807, 2.05) is 12.3 Å². The fraction of sp³-hybridized carbons (Fsp3) is 0.438. The zero-order chi connectivity index (χ0) is 14.5. The largest absolute Gasteiger partial charge is 0.384 e. The summed E-state index contributed by atoms with van der Waals surface area (Å²) in [4.78, 5) is 4.87. The summed E-state index contributed by atoms with van der Waals surface area (Å²) >= 11 is 1.72. The minimum absolute atomic E-state index is 0.0782. The number of hydrogen-bond acceptors (Lipinski definition) is 4. The number of nitrogens with one attached hydrogen (secondary N) is 1. The molecule has 1 aliphatic heterocycles. The number of aromatic nitrogens is 2. The van der Waals surface area contributed by atoms with Gasteiger partial charge in [-0.2, -0.15) is 5.10 Å². The van der Waals surface area contributed by atoms with Crippen molar-refractivity contribution in [3.8, 4) is 11.8 Å². The van der Waals surface area contributed by atoms with Crippen molar-refractivity contribution in [1.29, 1.82) is 0 Å². The van der Waals surface area contributed by atoms with Gasteiger partial charge in [0.1, 0.15) is 6.61 Å². The molecule has 1 fully saturated rings. The third-order valence-electron chi connectivity index (χ3n) is 3.80. The summed E-state index contributed by atoms with van der Waals surface area (Å²) in [6.07, 6.45) is 4.29. The maximum Gasteiger partial charge on any atom is 0.104 e. The highest BCUT2D eigenvalue weighted by molar-refractivity contribution is 7.12. The van der Waals surface area contributed by atoms with E-state index in [4.69, 9.17) is 5.11 Å². The molecule has 4 nitrogen and oxygen atoms in total. The van der Waals surface area contributed by atoms with E-state index in [1.54, 1.807) is 11.3 Å². The Balaban J connectivity index is 1.61. The molecule has 2 aromatic heterocycles. The lowest BCUT2D eigenvalue weighted by Gasteiger charge is -2.31. The van der Waals surface area contributed by atoms with Crippen LogP contribution in [0.2, 0.25) is 0 Å². The molecule has 2 N–H and O–H groups in total. The number of thiophene rings is 1. The number of nitrogens with zero attached hydrogens (tertiary/aromatic N) is 2. The molecular formula is C16H19N3OS. The summed E-state index contributed by atoms with van der Waals surface area (Å²) < 4.78 is 0. The van der Waals surface area contributed by atoms with Crippen molar-refractivity contribution in [2.45, 2.75) is 25.3 Å². The van der Waals surface area contributed by atoms with Crippen LogP contribution in [0.25, 0.3) is 0 Å². The van der Waals surface area contributed by atoms with E-state index in [1.165, 1.54) is 23.4 Å². The highest BCUT2D eigenvalue weighted by Gasteiger charge is 2.22. The Labute approximate surface area is 128 Å². The van der Waals surface area contributed by atoms with E-state index in [9.17, 15) is 0 Å². The quantitative estimate of drug-likeness (QED) is 0.855. The van der Waals surface area contributed by atoms with E-state index in [0.29, 0.717) is 5.92 Å². The third-order valence-corrected chi connectivity index (χ3v) is 4.78. The molecule has 3 rings (SSSR count). The van der Waals surface area contributed by atoms with Crippen LogP contribution in [0.15, 0.2) is 24.4 Å². The molecule has 1 saturated heterocycles. The van der Waals surface area contributed by atoms with E-state index >= 15 is 0 Å². The summed E-state index contributed by atoms with van der Waals surface area (Å²) in [5.74, 6) is 6.23. The van der Waals surface area contributed by atoms with Gasteiger partial charge in [0.05, 0.1) is 4.88 Å². The molecule has 0 unspecified atom stereocenters. The van der Waals surface area contributed by atoms with Gasteiger partial charge in [-0.05, 0) is 37.6 Å². The summed E-state index contributed by atoms with van der Waals surface area (Å²) in [7, 11) is 0. The molecule has 2 aromatic rings. The molecule has 110 valence electrons. The molecule has 5 heteroatoms. The Morgan fingerprint density at radius 3 is 3.19 bits per heavy atom. The van der Waals surface area contributed by atoms with Crippen LogP contribution in [-0.4, -0.2) is 39.9 Å². The molecule has 0 spiro atoms. The second-order valence-electron chi connectivity index (χ2n) is 5.31. The first kappa shape index (κ1) is 14.3. The minimum atomic E-state index is -0.0782. The average Bonchev–Trinajstić information content (AvgIpc) is 3.17. The molecule has 21 heavy (non-hydrogen) atoms. The van der Waals surface area contributed by atoms with Crippen molar-refractivity contribution >= 4 is 11.3 Å². The van der Waals surface area contributed by atoms with Crippen molar-refractivity contribution in [3.05, 3.63) is 39.8 Å². The fourth-order valence-corrected chi connectivity index (χ4v) is 3.75. The second-order valence-corrected chi connectivity index (χ2v) is 6.48. The van der Waals surface area contributed by atoms with Crippen molar-refractivity contribution in [2.75, 3.05) is 19.7 Å². The van der Waals surface area contributed by atoms with Crippen LogP contribution in [0.1, 0.15) is 34.2 Å². The van der Waals surface area contributed by atoms with Crippen LogP contribution in [0, 0.1) is 11.8 Å². The van der Waals surface area contributed by atoms with Gasteiger partial charge in [-0.15, -0.1) is 11.3 Å². The Morgan fingerprint density at radius 1 is 1.43 bits per heavy atom. The van der Waals surface area contributed by atoms with Crippen LogP contribution in [0.3, 0.4) is 0 Å². The molecule has 3 heterocycles. The first-order valence-electron chi connectivity index (χ1n) is 7.25. The van der Waals surface area contributed by atoms with Gasteiger partial charge in [0.2, 0.25) is 0 Å². The molecule has 1 aliphatic rings. The van der Waals surface area contributed by atoms with Gasteiger partial charge >= 0.3 is 0 Å². The standard InChI is InChI=1S/C16H19N3OS/c20-10-2-4-14-5-6-15(21-14)12-19-9-1-3-13(11-19)16-7-8-17-18-16/h5-8,13,20H,1,3,9-12H2,(H,17,18)/t13-/m0/s1. The van der Waals surface area contributed by atoms with Crippen molar-refractivity contribution < 1.29 is 5.11 Å². The van der Waals surface area contributed by atoms with Gasteiger partial charge in [-0.1, -0.05) is 11.8 Å². The summed E-state index contributed by atoms with van der Waals surface area (Å²) in [5.41, 5.74) is 1.25. The van der Waals surface area contributed by atoms with Gasteiger partial charge in [0.25, 0.3) is 0 Å². The molecular weight excluding hydrogens is 282 g/mol. The molecule has 0 saturated carbocycles. The lowest BCUT2D eigenvalue weighted by molar-refractivity contribution is 0.200. The highest BCUT2D eigenvalue weighted by atomic mass is 32.1. The van der Waals surface area contributed by atoms with E-state index in [2.05, 4.69) is 39.1 Å². The van der Waals surface area contributed by atoms with Gasteiger partial charge in [-0.3, -0.25) is 10.00 Å². The second kappa shape index (κ2) is 6.90. The van der Waals surface area contributed by atoms with E-state index < -0.39 is 0 Å². The molecule has 0 bridgehead atoms. The van der Waals surface area contributed by atoms with Crippen LogP contribution < -0.4 is 0 Å². The van der Waals surface area contributed by atoms with Gasteiger partial charge in [-0.25, -0.2) is 0 Å². The number of piperidine rings is 1. The number of hydrogen-bond donors (Lipinski definition) is 2. The van der Waals surface area contributed by atoms with Crippen molar-refractivity contribution in [2.24, 2.45) is 0 Å². The lowest BCUT2D eigenvalue weighted by atomic mass is 9.95. The Kier molecular flexibility index (Phi) is 4.71. The fourth-order valence-electron chi connectivity index (χ4n) is 2.82. The normalized spacial score (nSPS) is 19.2. The van der Waals surface area contributed by atoms with Crippen molar-refractivity contribution in [3.63, 3.8) is 0 Å². The number of aliphatic hydroxyl groups is 1. The first-order valence-corrected chi connectivity index (χ1v) is 8.07. The van der Waals surface area contributed by atoms with Gasteiger partial charge < -0.3 is 5.11 Å². The number of aromatic amines is 1. The van der Waals surface area contributed by atoms with Crippen LogP contribution in [-0.2, 0) is 6.54 Å². The van der Waals surface area contributed by atoms with E-state index in [0.717, 1.165) is 24.5 Å². The molecule has 1 atom stereocenters. The minimum Gasteiger partial charge on any atom is -0.384 e. The summed E-state index contributed by atoms with van der Waals surface area (Å²) in [5, 5.41) is 15.9. The summed E-state index contributed by atoms with van der Waals surface area (Å²) in [6, 6.07) is 6.27. The SMILES string of the molecule is OCC#Cc1ccc(CN2CCC[C@H](c3ccn[nH]3)C2)s1. The Morgan fingerprint density at radius 2 is 2.38 bits per heavy atom. The average molecular weight is 301 g/mol. The molecule has 0 amide bonds. The maximum atomic E-state index is 8.73. The highest BCUT2D eigenvalue weighted by Crippen LogP contribution is 2.27. The maximum absolute atomic E-state index is 8.73. The Bertz CT molecular complexity index is 623. The van der Waals surface area contributed by atoms with E-state index in [-0.39, 0.29) is 6.61 Å². The number of rotatable bonds is 3. The van der Waals surface area contributed by atoms with Gasteiger partial charge in [0, 0.05) is 35.8 Å². The lowest BCUT2D eigenvalue weighted by Crippen LogP contribution is -2.33. The van der Waals surface area contributed by atoms with Crippen LogP contribution >= 0.6 is 11.3 Å². The number of H-pyrrole nitrogens is 1. The summed E-state index contributed by atoms with van der Waals surface area (Å²) in [6.45, 7) is 3.14. The predicted molar refractivity (Wildman–Crippen MR) is 84.1 cm³/mol. The molecule has 0 aliphatic carbocycles. The van der Waals surface area contributed by atoms with Crippen molar-refractivity contribution in [1.82, 2.24) is 15.1 Å². The monoisotopic (exact) mass is 301 g/mol. The topological polar surface area (TPSA) is 52.1 Å². The Hall–Kier alpha value is -1.61. The van der Waals surface area contributed by atoms with Gasteiger partial charge in [0.15, 0.2) is 0 Å². The predicted octanol–water partition coefficient (Wildman–Crippen LogP) is 2.19. The zero-order valence-electron chi connectivity index (χ0n) is 11.9.